The Balaban J connectivity index is 2.45. The Morgan fingerprint density at radius 2 is 2.00 bits per heavy atom. The van der Waals surface area contributed by atoms with E-state index >= 15 is 0 Å². The number of anilines is 1. The van der Waals surface area contributed by atoms with Gasteiger partial charge >= 0.3 is 0 Å². The molecule has 0 aliphatic rings. The Labute approximate surface area is 130 Å². The van der Waals surface area contributed by atoms with Crippen molar-refractivity contribution in [1.29, 1.82) is 0 Å². The van der Waals surface area contributed by atoms with Crippen LogP contribution in [0, 0.1) is 19.7 Å². The van der Waals surface area contributed by atoms with Gasteiger partial charge in [-0.05, 0) is 48.0 Å². The molecule has 0 saturated heterocycles. The minimum absolute atomic E-state index is 0.0945. The van der Waals surface area contributed by atoms with E-state index < -0.39 is 22.4 Å². The molecule has 0 unspecified atom stereocenters. The number of furan rings is 1. The quantitative estimate of drug-likeness (QED) is 0.857. The van der Waals surface area contributed by atoms with Gasteiger partial charge in [-0.25, -0.2) is 12.8 Å². The number of hydrogen-bond donors (Lipinski definition) is 2. The number of rotatable bonds is 4. The van der Waals surface area contributed by atoms with Gasteiger partial charge in [0.25, 0.3) is 10.0 Å². The number of sulfonamides is 1. The summed E-state index contributed by atoms with van der Waals surface area (Å²) >= 11 is 2.99. The van der Waals surface area contributed by atoms with Gasteiger partial charge in [0.2, 0.25) is 0 Å². The first kappa shape index (κ1) is 16.0. The standard InChI is InChI=1S/C13H13BrFNO4S/c1-7-10(6-17)13(8(2)20-7)21(18,19)16-9-3-4-12(15)11(14)5-9/h3-5,16-17H,6H2,1-2H3. The van der Waals surface area contributed by atoms with Crippen LogP contribution in [0.1, 0.15) is 17.1 Å². The maximum absolute atomic E-state index is 13.2. The number of benzene rings is 1. The number of aryl methyl sites for hydroxylation is 2. The summed E-state index contributed by atoms with van der Waals surface area (Å²) < 4.78 is 45.7. The average molecular weight is 378 g/mol. The van der Waals surface area contributed by atoms with E-state index in [9.17, 15) is 17.9 Å². The summed E-state index contributed by atoms with van der Waals surface area (Å²) in [6, 6.07) is 3.76. The van der Waals surface area contributed by atoms with E-state index in [1.807, 2.05) is 0 Å². The van der Waals surface area contributed by atoms with Crippen molar-refractivity contribution in [2.24, 2.45) is 0 Å². The van der Waals surface area contributed by atoms with Gasteiger partial charge in [0, 0.05) is 5.56 Å². The molecule has 1 aromatic carbocycles. The molecule has 0 aliphatic carbocycles. The Morgan fingerprint density at radius 1 is 1.33 bits per heavy atom. The number of halogens is 2. The van der Waals surface area contributed by atoms with Gasteiger partial charge in [0.1, 0.15) is 22.2 Å². The Kier molecular flexibility index (Phi) is 4.40. The second-order valence-electron chi connectivity index (χ2n) is 4.41. The van der Waals surface area contributed by atoms with Crippen LogP contribution in [-0.4, -0.2) is 13.5 Å². The molecule has 0 fully saturated rings. The molecule has 8 heteroatoms. The van der Waals surface area contributed by atoms with Crippen LogP contribution in [0.2, 0.25) is 0 Å². The van der Waals surface area contributed by atoms with Gasteiger partial charge < -0.3 is 9.52 Å². The van der Waals surface area contributed by atoms with Crippen LogP contribution in [-0.2, 0) is 16.6 Å². The normalized spacial score (nSPS) is 11.7. The van der Waals surface area contributed by atoms with Crippen LogP contribution in [0.15, 0.2) is 32.0 Å². The monoisotopic (exact) mass is 377 g/mol. The van der Waals surface area contributed by atoms with Crippen LogP contribution in [0.5, 0.6) is 0 Å². The third-order valence-electron chi connectivity index (χ3n) is 2.92. The fourth-order valence-electron chi connectivity index (χ4n) is 2.01. The molecular weight excluding hydrogens is 365 g/mol. The van der Waals surface area contributed by atoms with E-state index in [4.69, 9.17) is 4.42 Å². The molecule has 114 valence electrons. The van der Waals surface area contributed by atoms with Crippen LogP contribution >= 0.6 is 15.9 Å². The predicted octanol–water partition coefficient (Wildman–Crippen LogP) is 3.09. The van der Waals surface area contributed by atoms with Gasteiger partial charge in [-0.3, -0.25) is 4.72 Å². The lowest BCUT2D eigenvalue weighted by Crippen LogP contribution is -2.15. The molecule has 2 rings (SSSR count). The summed E-state index contributed by atoms with van der Waals surface area (Å²) in [6.45, 7) is 2.62. The molecule has 21 heavy (non-hydrogen) atoms. The lowest BCUT2D eigenvalue weighted by molar-refractivity contribution is 0.276. The van der Waals surface area contributed by atoms with Crippen molar-refractivity contribution in [1.82, 2.24) is 0 Å². The number of aliphatic hydroxyl groups is 1. The van der Waals surface area contributed by atoms with Gasteiger partial charge in [-0.1, -0.05) is 0 Å². The maximum atomic E-state index is 13.2. The molecule has 2 aromatic rings. The molecule has 0 radical (unpaired) electrons. The van der Waals surface area contributed by atoms with Crippen LogP contribution in [0.3, 0.4) is 0 Å². The first-order chi connectivity index (χ1) is 9.76. The van der Waals surface area contributed by atoms with Crippen molar-refractivity contribution in [3.63, 3.8) is 0 Å². The molecule has 1 aromatic heterocycles. The van der Waals surface area contributed by atoms with Gasteiger partial charge in [0.15, 0.2) is 0 Å². The Morgan fingerprint density at radius 3 is 2.57 bits per heavy atom. The van der Waals surface area contributed by atoms with Crippen LogP contribution in [0.25, 0.3) is 0 Å². The van der Waals surface area contributed by atoms with E-state index in [-0.39, 0.29) is 26.4 Å². The Bertz CT molecular complexity index is 786. The van der Waals surface area contributed by atoms with E-state index in [0.29, 0.717) is 5.76 Å². The highest BCUT2D eigenvalue weighted by atomic mass is 79.9. The minimum Gasteiger partial charge on any atom is -0.465 e. The third-order valence-corrected chi connectivity index (χ3v) is 5.11. The highest BCUT2D eigenvalue weighted by Gasteiger charge is 2.26. The predicted molar refractivity (Wildman–Crippen MR) is 79.0 cm³/mol. The summed E-state index contributed by atoms with van der Waals surface area (Å²) in [7, 11) is -3.94. The fraction of sp³-hybridized carbons (Fsp3) is 0.231. The molecule has 0 bridgehead atoms. The van der Waals surface area contributed by atoms with E-state index in [0.717, 1.165) is 6.07 Å². The van der Waals surface area contributed by atoms with Crippen molar-refractivity contribution in [3.8, 4) is 0 Å². The molecule has 0 amide bonds. The zero-order valence-corrected chi connectivity index (χ0v) is 13.7. The minimum atomic E-state index is -3.94. The molecular formula is C13H13BrFNO4S. The van der Waals surface area contributed by atoms with Crippen molar-refractivity contribution in [2.45, 2.75) is 25.3 Å². The van der Waals surface area contributed by atoms with Crippen molar-refractivity contribution in [3.05, 3.63) is 45.6 Å². The highest BCUT2D eigenvalue weighted by molar-refractivity contribution is 9.10. The number of hydrogen-bond acceptors (Lipinski definition) is 4. The Hall–Kier alpha value is -1.38. The zero-order valence-electron chi connectivity index (χ0n) is 11.3. The summed E-state index contributed by atoms with van der Waals surface area (Å²) in [4.78, 5) is -0.0945. The van der Waals surface area contributed by atoms with Crippen molar-refractivity contribution < 1.29 is 22.3 Å². The summed E-state index contributed by atoms with van der Waals surface area (Å²) in [6.07, 6.45) is 0. The van der Waals surface area contributed by atoms with Gasteiger partial charge in [0.05, 0.1) is 16.8 Å². The topological polar surface area (TPSA) is 79.5 Å². The van der Waals surface area contributed by atoms with Crippen molar-refractivity contribution >= 4 is 31.6 Å². The lowest BCUT2D eigenvalue weighted by atomic mass is 10.2. The number of aliphatic hydroxyl groups excluding tert-OH is 1. The second-order valence-corrected chi connectivity index (χ2v) is 6.89. The fourth-order valence-corrected chi connectivity index (χ4v) is 3.88. The molecule has 0 aliphatic heterocycles. The van der Waals surface area contributed by atoms with Crippen LogP contribution < -0.4 is 4.72 Å². The smallest absolute Gasteiger partial charge is 0.265 e. The summed E-state index contributed by atoms with van der Waals surface area (Å²) in [5, 5.41) is 9.31. The molecule has 0 saturated carbocycles. The molecule has 0 spiro atoms. The average Bonchev–Trinajstić information content (AvgIpc) is 2.68. The van der Waals surface area contributed by atoms with Crippen LogP contribution in [0.4, 0.5) is 10.1 Å². The van der Waals surface area contributed by atoms with E-state index in [1.165, 1.54) is 19.1 Å². The van der Waals surface area contributed by atoms with Gasteiger partial charge in [-0.15, -0.1) is 0 Å². The second kappa shape index (κ2) is 5.78. The SMILES string of the molecule is Cc1oc(C)c(S(=O)(=O)Nc2ccc(F)c(Br)c2)c1CO. The molecule has 1 heterocycles. The van der Waals surface area contributed by atoms with E-state index in [1.54, 1.807) is 6.92 Å². The first-order valence-corrected chi connectivity index (χ1v) is 8.21. The molecule has 5 nitrogen and oxygen atoms in total. The zero-order chi connectivity index (χ0) is 15.8. The van der Waals surface area contributed by atoms with Gasteiger partial charge in [-0.2, -0.15) is 0 Å². The van der Waals surface area contributed by atoms with Crippen molar-refractivity contribution in [2.75, 3.05) is 4.72 Å². The molecule has 2 N–H and O–H groups in total. The summed E-state index contributed by atoms with van der Waals surface area (Å²) in [5.41, 5.74) is 0.409. The molecule has 0 atom stereocenters. The first-order valence-electron chi connectivity index (χ1n) is 5.94. The number of nitrogens with one attached hydrogen (secondary N) is 1. The highest BCUT2D eigenvalue weighted by Crippen LogP contribution is 2.29. The van der Waals surface area contributed by atoms with E-state index in [2.05, 4.69) is 20.7 Å². The third kappa shape index (κ3) is 3.12. The maximum Gasteiger partial charge on any atom is 0.265 e. The lowest BCUT2D eigenvalue weighted by Gasteiger charge is -2.09. The summed E-state index contributed by atoms with van der Waals surface area (Å²) in [5.74, 6) is 0.0326. The largest absolute Gasteiger partial charge is 0.465 e.